The smallest absolute Gasteiger partial charge is 0.0489 e. The van der Waals surface area contributed by atoms with E-state index < -0.39 is 8.07 Å². The van der Waals surface area contributed by atoms with E-state index >= 15 is 0 Å². The lowest BCUT2D eigenvalue weighted by Gasteiger charge is -2.40. The molecular weight excluding hydrogens is 271 g/mol. The van der Waals surface area contributed by atoms with Crippen molar-refractivity contribution in [2.45, 2.75) is 25.2 Å². The summed E-state index contributed by atoms with van der Waals surface area (Å²) in [7, 11) is -0.812. The lowest BCUT2D eigenvalue weighted by atomic mass is 10.9. The van der Waals surface area contributed by atoms with Crippen LogP contribution in [0.1, 0.15) is 0 Å². The Balaban J connectivity index is 2.46. The van der Waals surface area contributed by atoms with Crippen molar-refractivity contribution in [1.29, 1.82) is 0 Å². The molecule has 1 heterocycles. The third-order valence-corrected chi connectivity index (χ3v) is 11.1. The molecule has 0 aromatic heterocycles. The van der Waals surface area contributed by atoms with Crippen molar-refractivity contribution in [3.05, 3.63) is 0 Å². The van der Waals surface area contributed by atoms with Gasteiger partial charge < -0.3 is 0 Å². The fourth-order valence-corrected chi connectivity index (χ4v) is 13.4. The Labute approximate surface area is 79.1 Å². The largest absolute Gasteiger partial charge is 0.191 e. The predicted molar refractivity (Wildman–Crippen MR) is 64.4 cm³/mol. The van der Waals surface area contributed by atoms with Gasteiger partial charge in [0, 0.05) is 8.07 Å². The van der Waals surface area contributed by atoms with Crippen molar-refractivity contribution in [3.8, 4) is 0 Å². The van der Waals surface area contributed by atoms with Crippen LogP contribution in [0.2, 0.25) is 25.2 Å². The number of halogens is 1. The molecule has 0 amide bonds. The third-order valence-electron chi connectivity index (χ3n) is 2.41. The third kappa shape index (κ3) is 2.74. The first kappa shape index (κ1) is 9.39. The molecule has 0 atom stereocenters. The van der Waals surface area contributed by atoms with Gasteiger partial charge in [0.15, 0.2) is 0 Å². The second kappa shape index (κ2) is 2.97. The Bertz CT molecular complexity index is 106. The number of hydrogen-bond donors (Lipinski definition) is 0. The average Bonchev–Trinajstić information content (AvgIpc) is 1.79. The summed E-state index contributed by atoms with van der Waals surface area (Å²) in [5.41, 5.74) is 0. The van der Waals surface area contributed by atoms with E-state index in [4.69, 9.17) is 0 Å². The molecule has 0 unspecified atom stereocenters. The minimum atomic E-state index is -0.663. The Morgan fingerprint density at radius 3 is 1.90 bits per heavy atom. The second-order valence-corrected chi connectivity index (χ2v) is 19.1. The standard InChI is InChI=1S/C7H17ISSi/c1-9(8)4-6-10(2,3)7-5-9/h4-7H2,1-3H3. The van der Waals surface area contributed by atoms with Crippen molar-refractivity contribution in [3.63, 3.8) is 0 Å². The summed E-state index contributed by atoms with van der Waals surface area (Å²) in [6.45, 7) is 5.08. The molecular formula is C7H17ISSi. The molecule has 1 aliphatic rings. The van der Waals surface area contributed by atoms with Gasteiger partial charge in [0.25, 0.3) is 0 Å². The van der Waals surface area contributed by atoms with E-state index in [2.05, 4.69) is 40.6 Å². The van der Waals surface area contributed by atoms with Crippen LogP contribution in [0.15, 0.2) is 0 Å². The Hall–Kier alpha value is 1.30. The number of rotatable bonds is 0. The minimum Gasteiger partial charge on any atom is -0.191 e. The molecule has 0 aromatic rings. The maximum atomic E-state index is 2.71. The van der Waals surface area contributed by atoms with Gasteiger partial charge >= 0.3 is 0 Å². The number of hydrogen-bond acceptors (Lipinski definition) is 0. The second-order valence-electron chi connectivity index (χ2n) is 4.23. The van der Waals surface area contributed by atoms with Crippen LogP contribution >= 0.6 is 28.4 Å². The van der Waals surface area contributed by atoms with Crippen LogP contribution in [0, 0.1) is 0 Å². The highest BCUT2D eigenvalue weighted by molar-refractivity contribution is 14.2. The van der Waals surface area contributed by atoms with Crippen molar-refractivity contribution < 1.29 is 0 Å². The highest BCUT2D eigenvalue weighted by Crippen LogP contribution is 2.58. The Morgan fingerprint density at radius 1 is 1.20 bits per heavy atom. The molecule has 0 bridgehead atoms. The first-order chi connectivity index (χ1) is 4.41. The van der Waals surface area contributed by atoms with E-state index in [0.717, 1.165) is 0 Å². The zero-order chi connectivity index (χ0) is 7.83. The molecule has 0 aromatic carbocycles. The van der Waals surface area contributed by atoms with Crippen LogP contribution in [0.25, 0.3) is 0 Å². The van der Waals surface area contributed by atoms with Gasteiger partial charge in [-0.2, -0.15) is 7.20 Å². The summed E-state index contributed by atoms with van der Waals surface area (Å²) in [5, 5.41) is 0. The summed E-state index contributed by atoms with van der Waals surface area (Å²) in [5.74, 6) is 3.10. The fraction of sp³-hybridized carbons (Fsp3) is 1.00. The van der Waals surface area contributed by atoms with E-state index in [1.165, 1.54) is 0 Å². The fourth-order valence-electron chi connectivity index (χ4n) is 1.21. The van der Waals surface area contributed by atoms with Crippen molar-refractivity contribution in [2.24, 2.45) is 0 Å². The first-order valence-electron chi connectivity index (χ1n) is 3.85. The van der Waals surface area contributed by atoms with Gasteiger partial charge in [-0.15, -0.1) is 0 Å². The van der Waals surface area contributed by atoms with Gasteiger partial charge in [0.2, 0.25) is 0 Å². The SMILES string of the molecule is C[Si]1(C)CCS(C)(I)CC1. The normalized spacial score (nSPS) is 33.2. The minimum absolute atomic E-state index is 0.149. The molecule has 0 aliphatic carbocycles. The molecule has 1 aliphatic heterocycles. The van der Waals surface area contributed by atoms with Gasteiger partial charge in [-0.3, -0.25) is 0 Å². The molecule has 10 heavy (non-hydrogen) atoms. The van der Waals surface area contributed by atoms with E-state index in [1.807, 2.05) is 0 Å². The molecule has 0 nitrogen and oxygen atoms in total. The molecule has 62 valence electrons. The topological polar surface area (TPSA) is 0 Å². The lowest BCUT2D eigenvalue weighted by Crippen LogP contribution is -2.33. The average molecular weight is 288 g/mol. The zero-order valence-corrected chi connectivity index (χ0v) is 11.1. The summed E-state index contributed by atoms with van der Waals surface area (Å²) in [4.78, 5) is 0. The zero-order valence-electron chi connectivity index (χ0n) is 7.11. The lowest BCUT2D eigenvalue weighted by molar-refractivity contribution is 1.22. The first-order valence-corrected chi connectivity index (χ1v) is 12.2. The molecule has 0 saturated carbocycles. The molecule has 0 spiro atoms. The van der Waals surface area contributed by atoms with Gasteiger partial charge in [0.05, 0.1) is 0 Å². The van der Waals surface area contributed by atoms with Crippen LogP contribution in [0.5, 0.6) is 0 Å². The summed E-state index contributed by atoms with van der Waals surface area (Å²) in [6, 6.07) is 3.17. The van der Waals surface area contributed by atoms with Crippen LogP contribution in [-0.2, 0) is 0 Å². The molecule has 0 N–H and O–H groups in total. The summed E-state index contributed by atoms with van der Waals surface area (Å²) >= 11 is 2.71. The van der Waals surface area contributed by atoms with Crippen molar-refractivity contribution in [1.82, 2.24) is 0 Å². The van der Waals surface area contributed by atoms with Gasteiger partial charge in [-0.05, 0) is 51.1 Å². The molecule has 1 fully saturated rings. The van der Waals surface area contributed by atoms with E-state index in [0.29, 0.717) is 0 Å². The van der Waals surface area contributed by atoms with E-state index in [9.17, 15) is 0 Å². The predicted octanol–water partition coefficient (Wildman–Crippen LogP) is 3.49. The van der Waals surface area contributed by atoms with Gasteiger partial charge in [-0.25, -0.2) is 0 Å². The van der Waals surface area contributed by atoms with Crippen molar-refractivity contribution in [2.75, 3.05) is 17.8 Å². The summed E-state index contributed by atoms with van der Waals surface area (Å²) < 4.78 is 0. The highest BCUT2D eigenvalue weighted by Gasteiger charge is 2.30. The molecule has 1 saturated heterocycles. The van der Waals surface area contributed by atoms with Crippen LogP contribution < -0.4 is 0 Å². The quantitative estimate of drug-likeness (QED) is 0.473. The van der Waals surface area contributed by atoms with Crippen LogP contribution in [0.4, 0.5) is 0 Å². The highest BCUT2D eigenvalue weighted by atomic mass is 127. The van der Waals surface area contributed by atoms with Crippen LogP contribution in [0.3, 0.4) is 0 Å². The Morgan fingerprint density at radius 2 is 1.60 bits per heavy atom. The maximum Gasteiger partial charge on any atom is 0.0489 e. The van der Waals surface area contributed by atoms with E-state index in [1.54, 1.807) is 23.6 Å². The van der Waals surface area contributed by atoms with Gasteiger partial charge in [0.1, 0.15) is 0 Å². The van der Waals surface area contributed by atoms with Crippen molar-refractivity contribution >= 4 is 36.5 Å². The molecule has 3 heteroatoms. The van der Waals surface area contributed by atoms with Gasteiger partial charge in [-0.1, -0.05) is 13.1 Å². The maximum absolute atomic E-state index is 2.71. The molecule has 1 rings (SSSR count). The Kier molecular flexibility index (Phi) is 2.79. The molecule has 0 radical (unpaired) electrons. The summed E-state index contributed by atoms with van der Waals surface area (Å²) in [6.07, 6.45) is 2.48. The van der Waals surface area contributed by atoms with Crippen LogP contribution in [-0.4, -0.2) is 25.8 Å². The monoisotopic (exact) mass is 288 g/mol. The van der Waals surface area contributed by atoms with E-state index in [-0.39, 0.29) is 7.20 Å².